The molecule has 1 rings (SSSR count). The van der Waals surface area contributed by atoms with Crippen LogP contribution in [0.4, 0.5) is 0 Å². The highest BCUT2D eigenvalue weighted by Gasteiger charge is 2.16. The van der Waals surface area contributed by atoms with Gasteiger partial charge in [-0.25, -0.2) is 0 Å². The maximum absolute atomic E-state index is 12.3. The fraction of sp³-hybridized carbons (Fsp3) is 0.579. The first-order valence-corrected chi connectivity index (χ1v) is 9.97. The minimum Gasteiger partial charge on any atom is -0.355 e. The second-order valence-electron chi connectivity index (χ2n) is 6.42. The first kappa shape index (κ1) is 21.4. The fourth-order valence-corrected chi connectivity index (χ4v) is 2.45. The Hall–Kier alpha value is -1.69. The molecule has 140 valence electrons. The Bertz CT molecular complexity index is 565. The normalized spacial score (nSPS) is 12.0. The molecule has 1 amide bonds. The number of thioether (sulfide) groups is 1. The maximum Gasteiger partial charge on any atom is 0.253 e. The Morgan fingerprint density at radius 2 is 1.76 bits per heavy atom. The second kappa shape index (κ2) is 10.3. The number of amides is 1. The minimum atomic E-state index is 0.0845. The van der Waals surface area contributed by atoms with Crippen LogP contribution in [0.5, 0.6) is 0 Å². The molecular formula is C19H32N4OS. The van der Waals surface area contributed by atoms with Gasteiger partial charge in [0.15, 0.2) is 5.96 Å². The molecule has 0 saturated heterocycles. The standard InChI is InChI=1S/C19H32N4OS/c1-7-23(8-2)17(24)16-11-9-15(10-12-16)13-21-18(20-5)22-14-19(3,4)25-6/h9-12H,7-8,13-14H2,1-6H3,(H2,20,21,22). The van der Waals surface area contributed by atoms with E-state index >= 15 is 0 Å². The molecule has 0 heterocycles. The summed E-state index contributed by atoms with van der Waals surface area (Å²) >= 11 is 1.82. The largest absolute Gasteiger partial charge is 0.355 e. The van der Waals surface area contributed by atoms with E-state index in [0.29, 0.717) is 6.54 Å². The Labute approximate surface area is 156 Å². The van der Waals surface area contributed by atoms with Crippen molar-refractivity contribution in [3.63, 3.8) is 0 Å². The van der Waals surface area contributed by atoms with E-state index in [2.05, 4.69) is 35.7 Å². The molecule has 1 aromatic carbocycles. The summed E-state index contributed by atoms with van der Waals surface area (Å²) in [6, 6.07) is 7.76. The number of hydrogen-bond donors (Lipinski definition) is 2. The van der Waals surface area contributed by atoms with Gasteiger partial charge < -0.3 is 15.5 Å². The van der Waals surface area contributed by atoms with Gasteiger partial charge in [0.2, 0.25) is 0 Å². The summed E-state index contributed by atoms with van der Waals surface area (Å²) < 4.78 is 0.157. The molecule has 1 aromatic rings. The number of guanidine groups is 1. The van der Waals surface area contributed by atoms with Crippen molar-refractivity contribution in [3.05, 3.63) is 35.4 Å². The quantitative estimate of drug-likeness (QED) is 0.550. The number of hydrogen-bond acceptors (Lipinski definition) is 3. The Morgan fingerprint density at radius 1 is 1.16 bits per heavy atom. The zero-order chi connectivity index (χ0) is 18.9. The van der Waals surface area contributed by atoms with Crippen LogP contribution in [0.1, 0.15) is 43.6 Å². The highest BCUT2D eigenvalue weighted by atomic mass is 32.2. The van der Waals surface area contributed by atoms with Crippen LogP contribution in [0.3, 0.4) is 0 Å². The van der Waals surface area contributed by atoms with E-state index in [-0.39, 0.29) is 10.7 Å². The van der Waals surface area contributed by atoms with Gasteiger partial charge in [0, 0.05) is 43.5 Å². The topological polar surface area (TPSA) is 56.7 Å². The number of rotatable bonds is 8. The monoisotopic (exact) mass is 364 g/mol. The number of aliphatic imine (C=N–C) groups is 1. The van der Waals surface area contributed by atoms with Crippen molar-refractivity contribution in [3.8, 4) is 0 Å². The van der Waals surface area contributed by atoms with Gasteiger partial charge in [-0.2, -0.15) is 11.8 Å². The predicted octanol–water partition coefficient (Wildman–Crippen LogP) is 2.98. The van der Waals surface area contributed by atoms with E-state index < -0.39 is 0 Å². The SMILES string of the molecule is CCN(CC)C(=O)c1ccc(CNC(=NC)NCC(C)(C)SC)cc1. The third kappa shape index (κ3) is 6.98. The third-order valence-corrected chi connectivity index (χ3v) is 5.42. The van der Waals surface area contributed by atoms with Gasteiger partial charge in [-0.05, 0) is 51.6 Å². The molecule has 0 spiro atoms. The van der Waals surface area contributed by atoms with Gasteiger partial charge in [0.25, 0.3) is 5.91 Å². The van der Waals surface area contributed by atoms with Crippen LogP contribution in [0.25, 0.3) is 0 Å². The molecule has 25 heavy (non-hydrogen) atoms. The molecule has 0 radical (unpaired) electrons. The van der Waals surface area contributed by atoms with Crippen LogP contribution in [-0.4, -0.2) is 54.5 Å². The molecule has 0 aliphatic heterocycles. The highest BCUT2D eigenvalue weighted by molar-refractivity contribution is 7.99. The first-order valence-electron chi connectivity index (χ1n) is 8.74. The Balaban J connectivity index is 2.59. The lowest BCUT2D eigenvalue weighted by molar-refractivity contribution is 0.0773. The molecule has 0 saturated carbocycles. The number of carbonyl (C=O) groups excluding carboxylic acids is 1. The van der Waals surface area contributed by atoms with Crippen molar-refractivity contribution in [2.75, 3.05) is 32.9 Å². The lowest BCUT2D eigenvalue weighted by atomic mass is 10.1. The van der Waals surface area contributed by atoms with Crippen LogP contribution >= 0.6 is 11.8 Å². The average Bonchev–Trinajstić information content (AvgIpc) is 2.63. The second-order valence-corrected chi connectivity index (χ2v) is 7.93. The van der Waals surface area contributed by atoms with Crippen molar-refractivity contribution >= 4 is 23.6 Å². The molecule has 0 bridgehead atoms. The first-order chi connectivity index (χ1) is 11.9. The van der Waals surface area contributed by atoms with Crippen LogP contribution in [0.15, 0.2) is 29.3 Å². The lowest BCUT2D eigenvalue weighted by Crippen LogP contribution is -2.43. The molecule has 0 atom stereocenters. The summed E-state index contributed by atoms with van der Waals surface area (Å²) in [4.78, 5) is 18.4. The van der Waals surface area contributed by atoms with Crippen LogP contribution in [-0.2, 0) is 6.54 Å². The highest BCUT2D eigenvalue weighted by Crippen LogP contribution is 2.19. The number of carbonyl (C=O) groups is 1. The number of nitrogens with one attached hydrogen (secondary N) is 2. The Kier molecular flexibility index (Phi) is 8.83. The molecule has 6 heteroatoms. The van der Waals surface area contributed by atoms with Gasteiger partial charge in [-0.3, -0.25) is 9.79 Å². The molecule has 0 unspecified atom stereocenters. The zero-order valence-electron chi connectivity index (χ0n) is 16.3. The van der Waals surface area contributed by atoms with E-state index in [1.165, 1.54) is 0 Å². The van der Waals surface area contributed by atoms with Crippen molar-refractivity contribution in [1.82, 2.24) is 15.5 Å². The molecule has 5 nitrogen and oxygen atoms in total. The predicted molar refractivity (Wildman–Crippen MR) is 109 cm³/mol. The Morgan fingerprint density at radius 3 is 2.24 bits per heavy atom. The van der Waals surface area contributed by atoms with Crippen molar-refractivity contribution in [1.29, 1.82) is 0 Å². The lowest BCUT2D eigenvalue weighted by Gasteiger charge is -2.23. The van der Waals surface area contributed by atoms with Gasteiger partial charge in [-0.15, -0.1) is 0 Å². The van der Waals surface area contributed by atoms with Gasteiger partial charge >= 0.3 is 0 Å². The summed E-state index contributed by atoms with van der Waals surface area (Å²) in [5.74, 6) is 0.867. The maximum atomic E-state index is 12.3. The number of nitrogens with zero attached hydrogens (tertiary/aromatic N) is 2. The van der Waals surface area contributed by atoms with E-state index in [0.717, 1.165) is 36.7 Å². The summed E-state index contributed by atoms with van der Waals surface area (Å²) in [5.41, 5.74) is 1.85. The molecule has 0 aliphatic rings. The van der Waals surface area contributed by atoms with Crippen molar-refractivity contribution in [2.24, 2.45) is 4.99 Å². The van der Waals surface area contributed by atoms with Gasteiger partial charge in [0.1, 0.15) is 0 Å². The number of benzene rings is 1. The van der Waals surface area contributed by atoms with Crippen molar-refractivity contribution in [2.45, 2.75) is 39.0 Å². The van der Waals surface area contributed by atoms with Crippen LogP contribution in [0, 0.1) is 0 Å². The van der Waals surface area contributed by atoms with E-state index in [9.17, 15) is 4.79 Å². The summed E-state index contributed by atoms with van der Waals surface area (Å²) in [7, 11) is 1.77. The molecule has 0 fully saturated rings. The third-order valence-electron chi connectivity index (χ3n) is 4.17. The fourth-order valence-electron chi connectivity index (χ4n) is 2.23. The molecule has 0 aliphatic carbocycles. The summed E-state index contributed by atoms with van der Waals surface area (Å²) in [6.45, 7) is 11.4. The molecular weight excluding hydrogens is 332 g/mol. The van der Waals surface area contributed by atoms with E-state index in [1.807, 2.05) is 54.8 Å². The summed E-state index contributed by atoms with van der Waals surface area (Å²) in [6.07, 6.45) is 2.11. The van der Waals surface area contributed by atoms with Crippen LogP contribution in [0.2, 0.25) is 0 Å². The smallest absolute Gasteiger partial charge is 0.253 e. The summed E-state index contributed by atoms with van der Waals surface area (Å²) in [5, 5.41) is 6.66. The van der Waals surface area contributed by atoms with Crippen molar-refractivity contribution < 1.29 is 4.79 Å². The molecule has 2 N–H and O–H groups in total. The zero-order valence-corrected chi connectivity index (χ0v) is 17.2. The van der Waals surface area contributed by atoms with Crippen LogP contribution < -0.4 is 10.6 Å². The van der Waals surface area contributed by atoms with Gasteiger partial charge in [-0.1, -0.05) is 12.1 Å². The van der Waals surface area contributed by atoms with Gasteiger partial charge in [0.05, 0.1) is 0 Å². The van der Waals surface area contributed by atoms with E-state index in [1.54, 1.807) is 7.05 Å². The van der Waals surface area contributed by atoms with E-state index in [4.69, 9.17) is 0 Å². The molecule has 0 aromatic heterocycles. The minimum absolute atomic E-state index is 0.0845. The average molecular weight is 365 g/mol.